The first kappa shape index (κ1) is 23.2. The molecule has 3 aromatic rings. The number of nitrogens with one attached hydrogen (secondary N) is 1. The van der Waals surface area contributed by atoms with Gasteiger partial charge in [-0.05, 0) is 12.1 Å². The standard InChI is InChI=1S/C17H10ClF6N5O3/c18-9-3-1-8(2-4-9)12-10(31-7-16(19,20)21)5-25-13(28-12)14(30)26-6-11-27-15(29-32-11)17(22,23)24/h1-5H,6-7H2,(H,26,30). The molecule has 0 fully saturated rings. The fourth-order valence-corrected chi connectivity index (χ4v) is 2.36. The van der Waals surface area contributed by atoms with E-state index in [-0.39, 0.29) is 17.0 Å². The lowest BCUT2D eigenvalue weighted by Gasteiger charge is -2.13. The van der Waals surface area contributed by atoms with Crippen LogP contribution in [0, 0.1) is 0 Å². The van der Waals surface area contributed by atoms with E-state index in [9.17, 15) is 31.1 Å². The highest BCUT2D eigenvalue weighted by molar-refractivity contribution is 6.30. The Morgan fingerprint density at radius 1 is 1.09 bits per heavy atom. The van der Waals surface area contributed by atoms with Gasteiger partial charge in [0.15, 0.2) is 12.4 Å². The van der Waals surface area contributed by atoms with Crippen molar-refractivity contribution >= 4 is 17.5 Å². The van der Waals surface area contributed by atoms with Crippen LogP contribution in [-0.4, -0.2) is 38.8 Å². The average Bonchev–Trinajstić information content (AvgIpc) is 3.20. The molecule has 1 N–H and O–H groups in total. The summed E-state index contributed by atoms with van der Waals surface area (Å²) in [7, 11) is 0. The second-order valence-electron chi connectivity index (χ2n) is 6.01. The maximum atomic E-state index is 12.5. The predicted molar refractivity (Wildman–Crippen MR) is 94.5 cm³/mol. The van der Waals surface area contributed by atoms with Gasteiger partial charge in [-0.15, -0.1) is 0 Å². The van der Waals surface area contributed by atoms with E-state index in [0.29, 0.717) is 5.02 Å². The van der Waals surface area contributed by atoms with Crippen molar-refractivity contribution in [2.75, 3.05) is 6.61 Å². The van der Waals surface area contributed by atoms with Crippen LogP contribution in [0.15, 0.2) is 35.0 Å². The van der Waals surface area contributed by atoms with Crippen LogP contribution in [0.3, 0.4) is 0 Å². The zero-order valence-electron chi connectivity index (χ0n) is 15.5. The molecule has 3 rings (SSSR count). The van der Waals surface area contributed by atoms with Crippen LogP contribution in [0.1, 0.15) is 22.3 Å². The number of amides is 1. The molecule has 0 atom stereocenters. The average molecular weight is 482 g/mol. The number of aromatic nitrogens is 4. The van der Waals surface area contributed by atoms with Crippen LogP contribution in [0.4, 0.5) is 26.3 Å². The van der Waals surface area contributed by atoms with Crippen LogP contribution in [0.25, 0.3) is 11.3 Å². The fourth-order valence-electron chi connectivity index (χ4n) is 2.24. The van der Waals surface area contributed by atoms with Gasteiger partial charge in [0, 0.05) is 10.6 Å². The predicted octanol–water partition coefficient (Wildman–Crippen LogP) is 4.07. The van der Waals surface area contributed by atoms with E-state index >= 15 is 0 Å². The Balaban J connectivity index is 1.81. The van der Waals surface area contributed by atoms with Gasteiger partial charge in [-0.2, -0.15) is 31.3 Å². The molecule has 15 heteroatoms. The number of hydrogen-bond acceptors (Lipinski definition) is 7. The van der Waals surface area contributed by atoms with E-state index in [1.165, 1.54) is 24.3 Å². The number of benzene rings is 1. The Kier molecular flexibility index (Phi) is 6.52. The lowest BCUT2D eigenvalue weighted by molar-refractivity contribution is -0.153. The van der Waals surface area contributed by atoms with E-state index in [4.69, 9.17) is 16.3 Å². The molecule has 0 saturated heterocycles. The van der Waals surface area contributed by atoms with Gasteiger partial charge in [0.1, 0.15) is 5.69 Å². The van der Waals surface area contributed by atoms with Crippen molar-refractivity contribution < 1.29 is 40.4 Å². The van der Waals surface area contributed by atoms with Gasteiger partial charge in [-0.1, -0.05) is 28.9 Å². The van der Waals surface area contributed by atoms with Crippen molar-refractivity contribution in [2.45, 2.75) is 18.9 Å². The first-order valence-corrected chi connectivity index (χ1v) is 8.81. The monoisotopic (exact) mass is 481 g/mol. The highest BCUT2D eigenvalue weighted by Gasteiger charge is 2.37. The van der Waals surface area contributed by atoms with Crippen LogP contribution in [0.5, 0.6) is 5.75 Å². The first-order chi connectivity index (χ1) is 14.9. The largest absolute Gasteiger partial charge is 0.480 e. The molecule has 0 saturated carbocycles. The number of hydrogen-bond donors (Lipinski definition) is 1. The summed E-state index contributed by atoms with van der Waals surface area (Å²) in [6, 6.07) is 5.76. The van der Waals surface area contributed by atoms with Gasteiger partial charge in [0.2, 0.25) is 11.7 Å². The number of halogens is 7. The van der Waals surface area contributed by atoms with Crippen LogP contribution in [0.2, 0.25) is 5.02 Å². The SMILES string of the molecule is O=C(NCc1nc(C(F)(F)F)no1)c1ncc(OCC(F)(F)F)c(-c2ccc(Cl)cc2)n1. The fraction of sp³-hybridized carbons (Fsp3) is 0.235. The Morgan fingerprint density at radius 2 is 1.78 bits per heavy atom. The highest BCUT2D eigenvalue weighted by atomic mass is 35.5. The number of carbonyl (C=O) groups excluding carboxylic acids is 1. The number of alkyl halides is 6. The Bertz CT molecular complexity index is 1100. The second-order valence-corrected chi connectivity index (χ2v) is 6.45. The van der Waals surface area contributed by atoms with E-state index in [1.807, 2.05) is 0 Å². The molecule has 0 aliphatic carbocycles. The van der Waals surface area contributed by atoms with Gasteiger partial charge < -0.3 is 14.6 Å². The number of nitrogens with zero attached hydrogens (tertiary/aromatic N) is 4. The number of ether oxygens (including phenoxy) is 1. The zero-order valence-corrected chi connectivity index (χ0v) is 16.2. The normalized spacial score (nSPS) is 12.0. The lowest BCUT2D eigenvalue weighted by atomic mass is 10.1. The Labute approximate surface area is 179 Å². The lowest BCUT2D eigenvalue weighted by Crippen LogP contribution is -2.26. The molecule has 2 heterocycles. The number of carbonyl (C=O) groups is 1. The third-order valence-electron chi connectivity index (χ3n) is 3.59. The molecule has 0 aliphatic rings. The Hall–Kier alpha value is -3.42. The third kappa shape index (κ3) is 6.06. The zero-order chi connectivity index (χ0) is 23.5. The van der Waals surface area contributed by atoms with Crippen molar-refractivity contribution in [3.8, 4) is 17.0 Å². The van der Waals surface area contributed by atoms with Gasteiger partial charge in [0.25, 0.3) is 11.7 Å². The molecule has 0 spiro atoms. The Morgan fingerprint density at radius 3 is 2.38 bits per heavy atom. The second kappa shape index (κ2) is 8.98. The van der Waals surface area contributed by atoms with E-state index in [0.717, 1.165) is 6.20 Å². The minimum atomic E-state index is -4.82. The molecule has 8 nitrogen and oxygen atoms in total. The quantitative estimate of drug-likeness (QED) is 0.529. The first-order valence-electron chi connectivity index (χ1n) is 8.43. The van der Waals surface area contributed by atoms with E-state index < -0.39 is 49.0 Å². The topological polar surface area (TPSA) is 103 Å². The maximum absolute atomic E-state index is 12.5. The summed E-state index contributed by atoms with van der Waals surface area (Å²) in [5.41, 5.74) is 0.137. The molecule has 1 amide bonds. The summed E-state index contributed by atoms with van der Waals surface area (Å²) >= 11 is 5.80. The molecule has 0 aliphatic heterocycles. The van der Waals surface area contributed by atoms with Crippen molar-refractivity contribution in [2.24, 2.45) is 0 Å². The smallest absolute Gasteiger partial charge is 0.455 e. The van der Waals surface area contributed by atoms with Crippen LogP contribution in [-0.2, 0) is 12.7 Å². The molecule has 170 valence electrons. The summed E-state index contributed by atoms with van der Waals surface area (Å²) in [5, 5.41) is 5.26. The minimum absolute atomic E-state index is 0.136. The molecule has 32 heavy (non-hydrogen) atoms. The van der Waals surface area contributed by atoms with Crippen molar-refractivity contribution in [1.82, 2.24) is 25.4 Å². The van der Waals surface area contributed by atoms with Gasteiger partial charge in [-0.3, -0.25) is 4.79 Å². The van der Waals surface area contributed by atoms with Crippen LogP contribution >= 0.6 is 11.6 Å². The van der Waals surface area contributed by atoms with Crippen molar-refractivity contribution in [3.63, 3.8) is 0 Å². The minimum Gasteiger partial charge on any atom is -0.480 e. The summed E-state index contributed by atoms with van der Waals surface area (Å²) in [5.74, 6) is -3.87. The van der Waals surface area contributed by atoms with Crippen molar-refractivity contribution in [3.05, 3.63) is 53.0 Å². The van der Waals surface area contributed by atoms with Crippen LogP contribution < -0.4 is 10.1 Å². The van der Waals surface area contributed by atoms with Gasteiger partial charge in [0.05, 0.1) is 12.7 Å². The third-order valence-corrected chi connectivity index (χ3v) is 3.84. The molecular weight excluding hydrogens is 472 g/mol. The van der Waals surface area contributed by atoms with Gasteiger partial charge in [-0.25, -0.2) is 9.97 Å². The summed E-state index contributed by atoms with van der Waals surface area (Å²) in [4.78, 5) is 23.0. The molecular formula is C17H10ClF6N5O3. The van der Waals surface area contributed by atoms with Gasteiger partial charge >= 0.3 is 12.4 Å². The summed E-state index contributed by atoms with van der Waals surface area (Å²) < 4.78 is 84.2. The highest BCUT2D eigenvalue weighted by Crippen LogP contribution is 2.30. The van der Waals surface area contributed by atoms with E-state index in [1.54, 1.807) is 0 Å². The molecule has 0 bridgehead atoms. The molecule has 1 aromatic carbocycles. The summed E-state index contributed by atoms with van der Waals surface area (Å²) in [6.45, 7) is -2.20. The molecule has 2 aromatic heterocycles. The molecule has 0 unspecified atom stereocenters. The molecule has 0 radical (unpaired) electrons. The van der Waals surface area contributed by atoms with E-state index in [2.05, 4.69) is 29.9 Å². The van der Waals surface area contributed by atoms with Crippen molar-refractivity contribution in [1.29, 1.82) is 0 Å². The number of rotatable bonds is 6. The summed E-state index contributed by atoms with van der Waals surface area (Å²) in [6.07, 6.45) is -8.59. The maximum Gasteiger partial charge on any atom is 0.455 e.